The van der Waals surface area contributed by atoms with E-state index in [0.29, 0.717) is 6.04 Å². The Bertz CT molecular complexity index is 526. The van der Waals surface area contributed by atoms with Crippen LogP contribution in [0.25, 0.3) is 0 Å². The molecule has 0 spiro atoms. The molecule has 22 heavy (non-hydrogen) atoms. The summed E-state index contributed by atoms with van der Waals surface area (Å²) in [6, 6.07) is 6.23. The minimum absolute atomic E-state index is 0. The minimum atomic E-state index is 0. The number of nitrogens with one attached hydrogen (secondary N) is 2. The molecule has 1 aliphatic rings. The Morgan fingerprint density at radius 2 is 2.09 bits per heavy atom. The molecular weight excluding hydrogens is 413 g/mol. The van der Waals surface area contributed by atoms with Gasteiger partial charge in [0.25, 0.3) is 0 Å². The molecule has 0 fully saturated rings. The second kappa shape index (κ2) is 9.94. The Morgan fingerprint density at radius 3 is 2.68 bits per heavy atom. The molecule has 1 aromatic carbocycles. The van der Waals surface area contributed by atoms with Crippen LogP contribution in [0.1, 0.15) is 18.4 Å². The second-order valence-electron chi connectivity index (χ2n) is 4.99. The van der Waals surface area contributed by atoms with E-state index in [2.05, 4.69) is 27.8 Å². The van der Waals surface area contributed by atoms with Crippen LogP contribution < -0.4 is 15.4 Å². The van der Waals surface area contributed by atoms with E-state index in [-0.39, 0.29) is 24.0 Å². The fraction of sp³-hybridized carbons (Fsp3) is 0.438. The first-order valence-electron chi connectivity index (χ1n) is 7.17. The van der Waals surface area contributed by atoms with Crippen molar-refractivity contribution in [1.29, 1.82) is 0 Å². The van der Waals surface area contributed by atoms with Crippen molar-refractivity contribution >= 4 is 41.5 Å². The van der Waals surface area contributed by atoms with E-state index in [4.69, 9.17) is 16.3 Å². The lowest BCUT2D eigenvalue weighted by molar-refractivity contribution is 0.414. The highest BCUT2D eigenvalue weighted by molar-refractivity contribution is 14.0. The van der Waals surface area contributed by atoms with E-state index in [1.807, 2.05) is 18.2 Å². The van der Waals surface area contributed by atoms with Crippen LogP contribution in [0.15, 0.2) is 35.3 Å². The molecule has 6 heteroatoms. The number of halogens is 2. The Kier molecular flexibility index (Phi) is 8.63. The maximum absolute atomic E-state index is 6.23. The third kappa shape index (κ3) is 5.68. The van der Waals surface area contributed by atoms with Crippen molar-refractivity contribution in [1.82, 2.24) is 10.6 Å². The summed E-state index contributed by atoms with van der Waals surface area (Å²) in [7, 11) is 3.43. The van der Waals surface area contributed by atoms with Crippen LogP contribution >= 0.6 is 35.6 Å². The molecule has 1 aromatic rings. The molecule has 0 radical (unpaired) electrons. The molecule has 0 atom stereocenters. The summed E-state index contributed by atoms with van der Waals surface area (Å²) >= 11 is 6.23. The van der Waals surface area contributed by atoms with Crippen molar-refractivity contribution in [3.63, 3.8) is 0 Å². The Labute approximate surface area is 154 Å². The van der Waals surface area contributed by atoms with Crippen molar-refractivity contribution in [2.75, 3.05) is 20.7 Å². The summed E-state index contributed by atoms with van der Waals surface area (Å²) in [5, 5.41) is 7.47. The summed E-state index contributed by atoms with van der Waals surface area (Å²) in [4.78, 5) is 4.25. The van der Waals surface area contributed by atoms with Gasteiger partial charge in [0, 0.05) is 24.7 Å². The molecule has 0 saturated carbocycles. The molecule has 1 aliphatic carbocycles. The van der Waals surface area contributed by atoms with E-state index in [1.54, 1.807) is 14.2 Å². The van der Waals surface area contributed by atoms with Gasteiger partial charge in [0.2, 0.25) is 0 Å². The number of guanidine groups is 1. The van der Waals surface area contributed by atoms with Gasteiger partial charge in [-0.3, -0.25) is 4.99 Å². The summed E-state index contributed by atoms with van der Waals surface area (Å²) in [6.07, 6.45) is 7.35. The second-order valence-corrected chi connectivity index (χ2v) is 5.40. The van der Waals surface area contributed by atoms with Crippen molar-refractivity contribution in [3.8, 4) is 5.75 Å². The Morgan fingerprint density at radius 1 is 1.36 bits per heavy atom. The first-order valence-corrected chi connectivity index (χ1v) is 7.55. The normalized spacial score (nSPS) is 14.6. The number of methoxy groups -OCH3 is 1. The zero-order valence-electron chi connectivity index (χ0n) is 12.9. The predicted octanol–water partition coefficient (Wildman–Crippen LogP) is 3.39. The van der Waals surface area contributed by atoms with E-state index < -0.39 is 0 Å². The number of rotatable bonds is 5. The highest BCUT2D eigenvalue weighted by Gasteiger charge is 2.11. The van der Waals surface area contributed by atoms with Crippen molar-refractivity contribution in [2.24, 2.45) is 4.99 Å². The van der Waals surface area contributed by atoms with Gasteiger partial charge in [-0.05, 0) is 37.0 Å². The lowest BCUT2D eigenvalue weighted by atomic mass is 10.1. The maximum Gasteiger partial charge on any atom is 0.191 e. The molecule has 122 valence electrons. The first-order chi connectivity index (χ1) is 10.2. The lowest BCUT2D eigenvalue weighted by Gasteiger charge is -2.17. The summed E-state index contributed by atoms with van der Waals surface area (Å²) in [5.74, 6) is 1.62. The van der Waals surface area contributed by atoms with Gasteiger partial charge in [0.1, 0.15) is 5.75 Å². The van der Waals surface area contributed by atoms with E-state index in [0.717, 1.165) is 48.1 Å². The number of ether oxygens (including phenoxy) is 1. The van der Waals surface area contributed by atoms with Gasteiger partial charge in [-0.2, -0.15) is 0 Å². The number of hydrogen-bond donors (Lipinski definition) is 2. The van der Waals surface area contributed by atoms with Gasteiger partial charge in [-0.15, -0.1) is 24.0 Å². The Hall–Kier alpha value is -0.950. The molecule has 2 rings (SSSR count). The Balaban J connectivity index is 0.00000242. The largest absolute Gasteiger partial charge is 0.497 e. The topological polar surface area (TPSA) is 45.7 Å². The number of nitrogens with zero attached hydrogens (tertiary/aromatic N) is 1. The fourth-order valence-corrected chi connectivity index (χ4v) is 2.56. The fourth-order valence-electron chi connectivity index (χ4n) is 2.30. The zero-order chi connectivity index (χ0) is 15.1. The van der Waals surface area contributed by atoms with Crippen LogP contribution in [-0.2, 0) is 6.42 Å². The average Bonchev–Trinajstić information content (AvgIpc) is 3.00. The minimum Gasteiger partial charge on any atom is -0.497 e. The standard InChI is InChI=1S/C16H22ClN3O.HI/c1-18-16(20-13-5-3-4-6-13)19-10-9-12-7-8-14(21-2)11-15(12)17;/h3-4,7-8,11,13H,5-6,9-10H2,1-2H3,(H2,18,19,20);1H. The van der Waals surface area contributed by atoms with Gasteiger partial charge < -0.3 is 15.4 Å². The molecule has 4 nitrogen and oxygen atoms in total. The van der Waals surface area contributed by atoms with E-state index >= 15 is 0 Å². The van der Waals surface area contributed by atoms with E-state index in [9.17, 15) is 0 Å². The summed E-state index contributed by atoms with van der Waals surface area (Å²) < 4.78 is 5.15. The molecule has 0 heterocycles. The van der Waals surface area contributed by atoms with Crippen LogP contribution in [0.3, 0.4) is 0 Å². The van der Waals surface area contributed by atoms with E-state index in [1.165, 1.54) is 0 Å². The highest BCUT2D eigenvalue weighted by atomic mass is 127. The summed E-state index contributed by atoms with van der Waals surface area (Å²) in [5.41, 5.74) is 1.10. The molecule has 0 saturated heterocycles. The molecule has 0 amide bonds. The van der Waals surface area contributed by atoms with Crippen LogP contribution in [0.2, 0.25) is 5.02 Å². The van der Waals surface area contributed by atoms with Crippen LogP contribution in [0, 0.1) is 0 Å². The summed E-state index contributed by atoms with van der Waals surface area (Å²) in [6.45, 7) is 0.784. The maximum atomic E-state index is 6.23. The van der Waals surface area contributed by atoms with Gasteiger partial charge in [-0.25, -0.2) is 0 Å². The van der Waals surface area contributed by atoms with Crippen LogP contribution in [0.5, 0.6) is 5.75 Å². The highest BCUT2D eigenvalue weighted by Crippen LogP contribution is 2.22. The van der Waals surface area contributed by atoms with Gasteiger partial charge in [-0.1, -0.05) is 29.8 Å². The smallest absolute Gasteiger partial charge is 0.191 e. The zero-order valence-corrected chi connectivity index (χ0v) is 16.0. The third-order valence-electron chi connectivity index (χ3n) is 3.52. The molecule has 0 aromatic heterocycles. The SMILES string of the molecule is CN=C(NCCc1ccc(OC)cc1Cl)NC1CC=CC1.I. The molecule has 2 N–H and O–H groups in total. The number of hydrogen-bond acceptors (Lipinski definition) is 2. The molecular formula is C16H23ClIN3O. The van der Waals surface area contributed by atoms with Crippen LogP contribution in [-0.4, -0.2) is 32.7 Å². The van der Waals surface area contributed by atoms with Crippen LogP contribution in [0.4, 0.5) is 0 Å². The molecule has 0 bridgehead atoms. The molecule has 0 aliphatic heterocycles. The molecule has 0 unspecified atom stereocenters. The van der Waals surface area contributed by atoms with Gasteiger partial charge in [0.05, 0.1) is 7.11 Å². The third-order valence-corrected chi connectivity index (χ3v) is 3.87. The average molecular weight is 436 g/mol. The number of benzene rings is 1. The van der Waals surface area contributed by atoms with Crippen molar-refractivity contribution in [2.45, 2.75) is 25.3 Å². The predicted molar refractivity (Wildman–Crippen MR) is 104 cm³/mol. The number of aliphatic imine (C=N–C) groups is 1. The monoisotopic (exact) mass is 435 g/mol. The first kappa shape index (κ1) is 19.1. The van der Waals surface area contributed by atoms with Crippen molar-refractivity contribution in [3.05, 3.63) is 40.9 Å². The van der Waals surface area contributed by atoms with Gasteiger partial charge >= 0.3 is 0 Å². The van der Waals surface area contributed by atoms with Crippen molar-refractivity contribution < 1.29 is 4.74 Å². The van der Waals surface area contributed by atoms with Gasteiger partial charge in [0.15, 0.2) is 5.96 Å². The quantitative estimate of drug-likeness (QED) is 0.322. The lowest BCUT2D eigenvalue weighted by Crippen LogP contribution is -2.43.